The van der Waals surface area contributed by atoms with Gasteiger partial charge >= 0.3 is 6.03 Å². The van der Waals surface area contributed by atoms with Gasteiger partial charge in [-0.1, -0.05) is 66.7 Å². The van der Waals surface area contributed by atoms with Gasteiger partial charge in [0.2, 0.25) is 0 Å². The highest BCUT2D eigenvalue weighted by atomic mass is 32.1. The molecule has 0 aliphatic carbocycles. The van der Waals surface area contributed by atoms with Gasteiger partial charge in [0, 0.05) is 10.4 Å². The van der Waals surface area contributed by atoms with Crippen molar-refractivity contribution in [3.8, 4) is 0 Å². The van der Waals surface area contributed by atoms with Crippen LogP contribution in [0.4, 0.5) is 4.79 Å². The van der Waals surface area contributed by atoms with Gasteiger partial charge in [-0.25, -0.2) is 4.79 Å². The maximum atomic E-state index is 13.4. The van der Waals surface area contributed by atoms with E-state index in [1.54, 1.807) is 12.1 Å². The zero-order valence-electron chi connectivity index (χ0n) is 13.8. The Morgan fingerprint density at radius 1 is 0.885 bits per heavy atom. The van der Waals surface area contributed by atoms with Crippen LogP contribution in [-0.2, 0) is 0 Å². The Labute approximate surface area is 155 Å². The molecule has 2 aromatic carbocycles. The smallest absolute Gasteiger partial charge is 0.320 e. The fourth-order valence-electron chi connectivity index (χ4n) is 3.06. The summed E-state index contributed by atoms with van der Waals surface area (Å²) in [6.07, 6.45) is 0. The van der Waals surface area contributed by atoms with Gasteiger partial charge in [0.25, 0.3) is 0 Å². The first-order valence-corrected chi connectivity index (χ1v) is 9.12. The number of hydrogen-bond acceptors (Lipinski definition) is 3. The minimum Gasteiger partial charge on any atom is -0.326 e. The number of carbonyl (C=O) groups excluding carboxylic acids is 2. The SMILES string of the molecule is O=C1NC(c2ccccc2)=C(C(=O)c2ccccc2)C(c2cccs2)N1. The van der Waals surface area contributed by atoms with E-state index >= 15 is 0 Å². The molecule has 0 bridgehead atoms. The van der Waals surface area contributed by atoms with Crippen LogP contribution in [0.1, 0.15) is 26.8 Å². The third kappa shape index (κ3) is 3.05. The molecule has 4 nitrogen and oxygen atoms in total. The van der Waals surface area contributed by atoms with Crippen LogP contribution in [0.5, 0.6) is 0 Å². The molecule has 2 N–H and O–H groups in total. The average molecular weight is 360 g/mol. The van der Waals surface area contributed by atoms with Crippen molar-refractivity contribution < 1.29 is 9.59 Å². The molecule has 0 fully saturated rings. The number of hydrogen-bond donors (Lipinski definition) is 2. The molecule has 1 aromatic heterocycles. The summed E-state index contributed by atoms with van der Waals surface area (Å²) >= 11 is 1.52. The minimum atomic E-state index is -0.480. The van der Waals surface area contributed by atoms with E-state index in [2.05, 4.69) is 10.6 Å². The van der Waals surface area contributed by atoms with Gasteiger partial charge in [-0.3, -0.25) is 4.79 Å². The molecule has 0 radical (unpaired) electrons. The zero-order chi connectivity index (χ0) is 17.9. The molecular formula is C21H16N2O2S. The molecule has 1 aliphatic heterocycles. The summed E-state index contributed by atoms with van der Waals surface area (Å²) in [5.41, 5.74) is 2.50. The number of rotatable bonds is 4. The molecule has 0 saturated heterocycles. The Morgan fingerprint density at radius 2 is 1.58 bits per heavy atom. The Bertz CT molecular complexity index is 964. The summed E-state index contributed by atoms with van der Waals surface area (Å²) in [4.78, 5) is 26.6. The van der Waals surface area contributed by atoms with E-state index < -0.39 is 6.04 Å². The van der Waals surface area contributed by atoms with E-state index in [-0.39, 0.29) is 11.8 Å². The topological polar surface area (TPSA) is 58.2 Å². The first-order chi connectivity index (χ1) is 12.7. The molecular weight excluding hydrogens is 344 g/mol. The Balaban J connectivity index is 1.92. The summed E-state index contributed by atoms with van der Waals surface area (Å²) in [6.45, 7) is 0. The molecule has 2 amide bonds. The summed E-state index contributed by atoms with van der Waals surface area (Å²) < 4.78 is 0. The van der Waals surface area contributed by atoms with E-state index in [1.165, 1.54) is 11.3 Å². The van der Waals surface area contributed by atoms with Gasteiger partial charge in [0.1, 0.15) is 0 Å². The minimum absolute atomic E-state index is 0.102. The first kappa shape index (κ1) is 16.3. The number of ketones is 1. The molecule has 3 aromatic rings. The van der Waals surface area contributed by atoms with Crippen LogP contribution in [0.3, 0.4) is 0 Å². The third-order valence-corrected chi connectivity index (χ3v) is 5.18. The van der Waals surface area contributed by atoms with Gasteiger partial charge in [-0.2, -0.15) is 0 Å². The lowest BCUT2D eigenvalue weighted by Gasteiger charge is -2.29. The van der Waals surface area contributed by atoms with Crippen molar-refractivity contribution in [2.24, 2.45) is 0 Å². The second-order valence-electron chi connectivity index (χ2n) is 5.90. The maximum Gasteiger partial charge on any atom is 0.320 e. The molecule has 5 heteroatoms. The molecule has 1 aliphatic rings. The Hall–Kier alpha value is -3.18. The number of amides is 2. The van der Waals surface area contributed by atoms with Gasteiger partial charge in [-0.05, 0) is 17.0 Å². The summed E-state index contributed by atoms with van der Waals surface area (Å²) in [5, 5.41) is 7.68. The van der Waals surface area contributed by atoms with Crippen molar-refractivity contribution >= 4 is 28.8 Å². The van der Waals surface area contributed by atoms with Gasteiger partial charge in [0.15, 0.2) is 5.78 Å². The van der Waals surface area contributed by atoms with E-state index in [0.29, 0.717) is 16.8 Å². The number of carbonyl (C=O) groups is 2. The lowest BCUT2D eigenvalue weighted by Crippen LogP contribution is -2.44. The summed E-state index contributed by atoms with van der Waals surface area (Å²) in [5.74, 6) is -0.102. The highest BCUT2D eigenvalue weighted by Crippen LogP contribution is 2.35. The molecule has 0 saturated carbocycles. The van der Waals surface area contributed by atoms with Crippen molar-refractivity contribution in [2.75, 3.05) is 0 Å². The molecule has 4 rings (SSSR count). The summed E-state index contributed by atoms with van der Waals surface area (Å²) in [6, 6.07) is 21.7. The van der Waals surface area contributed by atoms with E-state index in [9.17, 15) is 9.59 Å². The van der Waals surface area contributed by atoms with E-state index in [4.69, 9.17) is 0 Å². The lowest BCUT2D eigenvalue weighted by atomic mass is 9.90. The van der Waals surface area contributed by atoms with Crippen LogP contribution >= 0.6 is 11.3 Å². The van der Waals surface area contributed by atoms with Crippen molar-refractivity contribution in [3.63, 3.8) is 0 Å². The van der Waals surface area contributed by atoms with Crippen LogP contribution in [0.25, 0.3) is 5.70 Å². The van der Waals surface area contributed by atoms with Crippen molar-refractivity contribution in [1.29, 1.82) is 0 Å². The van der Waals surface area contributed by atoms with E-state index in [0.717, 1.165) is 10.4 Å². The maximum absolute atomic E-state index is 13.4. The number of nitrogens with one attached hydrogen (secondary N) is 2. The highest BCUT2D eigenvalue weighted by Gasteiger charge is 2.34. The van der Waals surface area contributed by atoms with Crippen LogP contribution in [0.2, 0.25) is 0 Å². The average Bonchev–Trinajstić information content (AvgIpc) is 3.23. The lowest BCUT2D eigenvalue weighted by molar-refractivity contribution is 0.102. The monoisotopic (exact) mass is 360 g/mol. The van der Waals surface area contributed by atoms with Gasteiger partial charge in [0.05, 0.1) is 17.3 Å². The van der Waals surface area contributed by atoms with E-state index in [1.807, 2.05) is 66.0 Å². The van der Waals surface area contributed by atoms with Crippen LogP contribution < -0.4 is 10.6 Å². The van der Waals surface area contributed by atoms with Crippen LogP contribution in [0, 0.1) is 0 Å². The molecule has 0 spiro atoms. The molecule has 128 valence electrons. The molecule has 26 heavy (non-hydrogen) atoms. The first-order valence-electron chi connectivity index (χ1n) is 8.24. The van der Waals surface area contributed by atoms with Gasteiger partial charge in [-0.15, -0.1) is 11.3 Å². The fraction of sp³-hybridized carbons (Fsp3) is 0.0476. The Kier molecular flexibility index (Phi) is 4.37. The number of Topliss-reactive ketones (excluding diaryl/α,β-unsaturated/α-hetero) is 1. The highest BCUT2D eigenvalue weighted by molar-refractivity contribution is 7.10. The number of urea groups is 1. The standard InChI is InChI=1S/C21H16N2O2S/c24-20(15-10-5-2-6-11-15)17-18(14-8-3-1-4-9-14)22-21(25)23-19(17)16-12-7-13-26-16/h1-13,19H,(H2,22,23,25). The van der Waals surface area contributed by atoms with Crippen molar-refractivity contribution in [1.82, 2.24) is 10.6 Å². The predicted octanol–water partition coefficient (Wildman–Crippen LogP) is 4.40. The van der Waals surface area contributed by atoms with Gasteiger partial charge < -0.3 is 10.6 Å². The zero-order valence-corrected chi connectivity index (χ0v) is 14.6. The normalized spacial score (nSPS) is 16.8. The quantitative estimate of drug-likeness (QED) is 0.678. The number of thiophene rings is 1. The molecule has 1 atom stereocenters. The van der Waals surface area contributed by atoms with Crippen LogP contribution in [-0.4, -0.2) is 11.8 Å². The second-order valence-corrected chi connectivity index (χ2v) is 6.88. The fourth-order valence-corrected chi connectivity index (χ4v) is 3.84. The predicted molar refractivity (Wildman–Crippen MR) is 103 cm³/mol. The second kappa shape index (κ2) is 6.98. The molecule has 1 unspecified atom stereocenters. The number of benzene rings is 2. The van der Waals surface area contributed by atoms with Crippen molar-refractivity contribution in [3.05, 3.63) is 99.8 Å². The Morgan fingerprint density at radius 3 is 2.23 bits per heavy atom. The largest absolute Gasteiger partial charge is 0.326 e. The third-order valence-electron chi connectivity index (χ3n) is 4.24. The van der Waals surface area contributed by atoms with Crippen LogP contribution in [0.15, 0.2) is 83.7 Å². The molecule has 2 heterocycles. The summed E-state index contributed by atoms with van der Waals surface area (Å²) in [7, 11) is 0. The van der Waals surface area contributed by atoms with Crippen molar-refractivity contribution in [2.45, 2.75) is 6.04 Å².